The zero-order chi connectivity index (χ0) is 22.4. The zero-order valence-corrected chi connectivity index (χ0v) is 16.4. The van der Waals surface area contributed by atoms with Crippen LogP contribution in [0.15, 0.2) is 53.7 Å². The van der Waals surface area contributed by atoms with E-state index in [1.165, 1.54) is 36.4 Å². The molecule has 0 unspecified atom stereocenters. The van der Waals surface area contributed by atoms with Crippen LogP contribution in [0.5, 0.6) is 5.75 Å². The molecule has 3 aromatic rings. The average Bonchev–Trinajstić information content (AvgIpc) is 3.11. The third-order valence-corrected chi connectivity index (χ3v) is 4.70. The fraction of sp³-hybridized carbons (Fsp3) is 0.111. The Labute approximate surface area is 177 Å². The van der Waals surface area contributed by atoms with E-state index in [1.54, 1.807) is 0 Å². The Kier molecular flexibility index (Phi) is 6.97. The van der Waals surface area contributed by atoms with Gasteiger partial charge < -0.3 is 10.6 Å². The summed E-state index contributed by atoms with van der Waals surface area (Å²) in [4.78, 5) is 23.8. The molecule has 0 spiro atoms. The summed E-state index contributed by atoms with van der Waals surface area (Å²) in [6, 6.07) is 10.4. The molecule has 162 valence electrons. The number of hydrogen-bond acceptors (Lipinski definition) is 7. The van der Waals surface area contributed by atoms with Crippen molar-refractivity contribution in [3.05, 3.63) is 59.9 Å². The highest BCUT2D eigenvalue weighted by atomic mass is 32.2. The van der Waals surface area contributed by atoms with Gasteiger partial charge in [-0.15, -0.1) is 10.2 Å². The molecular weight excluding hydrogens is 437 g/mol. The highest BCUT2D eigenvalue weighted by Crippen LogP contribution is 2.24. The predicted molar refractivity (Wildman–Crippen MR) is 105 cm³/mol. The van der Waals surface area contributed by atoms with Gasteiger partial charge in [0.05, 0.1) is 5.75 Å². The molecule has 0 saturated heterocycles. The van der Waals surface area contributed by atoms with Crippen LogP contribution >= 0.6 is 11.8 Å². The fourth-order valence-corrected chi connectivity index (χ4v) is 2.98. The molecule has 0 aliphatic carbocycles. The van der Waals surface area contributed by atoms with Gasteiger partial charge in [-0.2, -0.15) is 8.78 Å². The van der Waals surface area contributed by atoms with Gasteiger partial charge in [0.15, 0.2) is 5.82 Å². The molecule has 2 aromatic carbocycles. The van der Waals surface area contributed by atoms with Crippen LogP contribution in [0, 0.1) is 5.82 Å². The summed E-state index contributed by atoms with van der Waals surface area (Å²) in [5.74, 6) is 4.39. The molecule has 0 saturated carbocycles. The van der Waals surface area contributed by atoms with E-state index >= 15 is 0 Å². The van der Waals surface area contributed by atoms with E-state index in [1.807, 2.05) is 0 Å². The number of amides is 2. The third-order valence-electron chi connectivity index (χ3n) is 3.76. The van der Waals surface area contributed by atoms with Crippen molar-refractivity contribution in [2.24, 2.45) is 0 Å². The summed E-state index contributed by atoms with van der Waals surface area (Å²) in [7, 11) is 0. The second-order valence-corrected chi connectivity index (χ2v) is 6.82. The molecular formula is C18H15F3N6O3S. The van der Waals surface area contributed by atoms with Crippen LogP contribution in [0.2, 0.25) is 0 Å². The summed E-state index contributed by atoms with van der Waals surface area (Å²) >= 11 is 0.959. The molecule has 0 radical (unpaired) electrons. The average molecular weight is 452 g/mol. The summed E-state index contributed by atoms with van der Waals surface area (Å²) < 4.78 is 42.7. The van der Waals surface area contributed by atoms with Crippen molar-refractivity contribution in [2.75, 3.05) is 11.6 Å². The molecule has 1 heterocycles. The lowest BCUT2D eigenvalue weighted by molar-refractivity contribution is -0.119. The lowest BCUT2D eigenvalue weighted by atomic mass is 10.2. The SMILES string of the molecule is Nn1c(SCC(=O)NNC(=O)c2ccc(F)cc2)nnc1-c1ccc(OC(F)F)cc1. The Hall–Kier alpha value is -3.74. The van der Waals surface area contributed by atoms with Gasteiger partial charge in [-0.3, -0.25) is 20.4 Å². The van der Waals surface area contributed by atoms with Crippen molar-refractivity contribution in [2.45, 2.75) is 11.8 Å². The van der Waals surface area contributed by atoms with Gasteiger partial charge in [0.25, 0.3) is 5.91 Å². The number of carbonyl (C=O) groups excluding carboxylic acids is 2. The summed E-state index contributed by atoms with van der Waals surface area (Å²) in [6.45, 7) is -2.93. The highest BCUT2D eigenvalue weighted by Gasteiger charge is 2.15. The van der Waals surface area contributed by atoms with Crippen molar-refractivity contribution < 1.29 is 27.5 Å². The van der Waals surface area contributed by atoms with E-state index < -0.39 is 24.2 Å². The number of hydrazine groups is 1. The molecule has 3 rings (SSSR count). The number of hydrogen-bond donors (Lipinski definition) is 3. The molecule has 9 nitrogen and oxygen atoms in total. The summed E-state index contributed by atoms with van der Waals surface area (Å²) in [5.41, 5.74) is 5.10. The molecule has 0 aliphatic rings. The third kappa shape index (κ3) is 5.88. The summed E-state index contributed by atoms with van der Waals surface area (Å²) in [6.07, 6.45) is 0. The number of nitrogens with one attached hydrogen (secondary N) is 2. The van der Waals surface area contributed by atoms with Crippen LogP contribution in [-0.2, 0) is 4.79 Å². The molecule has 0 aliphatic heterocycles. The maximum absolute atomic E-state index is 12.9. The van der Waals surface area contributed by atoms with Crippen LogP contribution in [0.1, 0.15) is 10.4 Å². The smallest absolute Gasteiger partial charge is 0.387 e. The van der Waals surface area contributed by atoms with E-state index in [0.29, 0.717) is 5.56 Å². The van der Waals surface area contributed by atoms with Crippen LogP contribution < -0.4 is 21.4 Å². The zero-order valence-electron chi connectivity index (χ0n) is 15.6. The number of thioether (sulfide) groups is 1. The number of benzene rings is 2. The van der Waals surface area contributed by atoms with Crippen LogP contribution in [-0.4, -0.2) is 39.1 Å². The van der Waals surface area contributed by atoms with Crippen LogP contribution in [0.4, 0.5) is 13.2 Å². The number of aromatic nitrogens is 3. The topological polar surface area (TPSA) is 124 Å². The van der Waals surface area contributed by atoms with Crippen molar-refractivity contribution in [1.29, 1.82) is 0 Å². The van der Waals surface area contributed by atoms with Crippen molar-refractivity contribution in [1.82, 2.24) is 25.7 Å². The quantitative estimate of drug-likeness (QED) is 0.284. The van der Waals surface area contributed by atoms with Gasteiger partial charge in [0.1, 0.15) is 11.6 Å². The second-order valence-electron chi connectivity index (χ2n) is 5.88. The van der Waals surface area contributed by atoms with E-state index in [9.17, 15) is 22.8 Å². The van der Waals surface area contributed by atoms with Crippen molar-refractivity contribution >= 4 is 23.6 Å². The summed E-state index contributed by atoms with van der Waals surface area (Å²) in [5, 5.41) is 8.02. The van der Waals surface area contributed by atoms with E-state index in [0.717, 1.165) is 28.6 Å². The molecule has 0 bridgehead atoms. The Morgan fingerprint density at radius 3 is 2.39 bits per heavy atom. The van der Waals surface area contributed by atoms with Gasteiger partial charge in [-0.1, -0.05) is 11.8 Å². The Balaban J connectivity index is 1.53. The Morgan fingerprint density at radius 2 is 1.74 bits per heavy atom. The van der Waals surface area contributed by atoms with Crippen molar-refractivity contribution in [3.63, 3.8) is 0 Å². The molecule has 2 amide bonds. The number of rotatable bonds is 7. The van der Waals surface area contributed by atoms with Crippen LogP contribution in [0.25, 0.3) is 11.4 Å². The number of nitrogen functional groups attached to an aromatic ring is 1. The van der Waals surface area contributed by atoms with Gasteiger partial charge in [0.2, 0.25) is 11.1 Å². The number of halogens is 3. The van der Waals surface area contributed by atoms with E-state index in [-0.39, 0.29) is 28.0 Å². The molecule has 4 N–H and O–H groups in total. The van der Waals surface area contributed by atoms with Crippen LogP contribution in [0.3, 0.4) is 0 Å². The lowest BCUT2D eigenvalue weighted by Crippen LogP contribution is -2.42. The molecule has 0 atom stereocenters. The maximum atomic E-state index is 12.9. The lowest BCUT2D eigenvalue weighted by Gasteiger charge is -2.08. The minimum Gasteiger partial charge on any atom is -0.435 e. The number of nitrogens with zero attached hydrogens (tertiary/aromatic N) is 3. The standard InChI is InChI=1S/C18H15F3N6O3S/c19-12-5-1-11(2-6-12)16(29)25-23-14(28)9-31-18-26-24-15(27(18)22)10-3-7-13(8-4-10)30-17(20)21/h1-8,17H,9,22H2,(H,23,28)(H,25,29). The van der Waals surface area contributed by atoms with Gasteiger partial charge in [0, 0.05) is 11.1 Å². The first-order valence-corrected chi connectivity index (χ1v) is 9.55. The maximum Gasteiger partial charge on any atom is 0.387 e. The first-order chi connectivity index (χ1) is 14.8. The predicted octanol–water partition coefficient (Wildman–Crippen LogP) is 1.95. The molecule has 1 aromatic heterocycles. The number of alkyl halides is 2. The van der Waals surface area contributed by atoms with Crippen molar-refractivity contribution in [3.8, 4) is 17.1 Å². The second kappa shape index (κ2) is 9.84. The molecule has 13 heteroatoms. The first-order valence-electron chi connectivity index (χ1n) is 8.57. The minimum absolute atomic E-state index is 0.0178. The largest absolute Gasteiger partial charge is 0.435 e. The van der Waals surface area contributed by atoms with E-state index in [2.05, 4.69) is 25.8 Å². The van der Waals surface area contributed by atoms with Gasteiger partial charge >= 0.3 is 6.61 Å². The monoisotopic (exact) mass is 452 g/mol. The normalized spacial score (nSPS) is 10.7. The number of carbonyl (C=O) groups is 2. The Bertz CT molecular complexity index is 1060. The minimum atomic E-state index is -2.93. The van der Waals surface area contributed by atoms with Gasteiger partial charge in [-0.25, -0.2) is 9.07 Å². The first kappa shape index (κ1) is 22.0. The number of ether oxygens (including phenoxy) is 1. The van der Waals surface area contributed by atoms with E-state index in [4.69, 9.17) is 5.84 Å². The number of nitrogens with two attached hydrogens (primary N) is 1. The molecule has 0 fully saturated rings. The highest BCUT2D eigenvalue weighted by molar-refractivity contribution is 7.99. The van der Waals surface area contributed by atoms with Gasteiger partial charge in [-0.05, 0) is 48.5 Å². The fourth-order valence-electron chi connectivity index (χ4n) is 2.32. The Morgan fingerprint density at radius 1 is 1.06 bits per heavy atom. The molecule has 31 heavy (non-hydrogen) atoms.